The number of nitrogens with one attached hydrogen (secondary N) is 1. The van der Waals surface area contributed by atoms with Gasteiger partial charge in [0.15, 0.2) is 0 Å². The average molecular weight is 219 g/mol. The molecule has 2 nitrogen and oxygen atoms in total. The van der Waals surface area contributed by atoms with Gasteiger partial charge in [-0.3, -0.25) is 0 Å². The molecule has 2 rings (SSSR count). The maximum Gasteiger partial charge on any atom is 0.123 e. The summed E-state index contributed by atoms with van der Waals surface area (Å²) in [7, 11) is 1.75. The summed E-state index contributed by atoms with van der Waals surface area (Å²) >= 11 is 0. The van der Waals surface area contributed by atoms with Crippen molar-refractivity contribution in [1.82, 2.24) is 5.32 Å². The van der Waals surface area contributed by atoms with E-state index in [1.54, 1.807) is 7.11 Å². The largest absolute Gasteiger partial charge is 0.496 e. The van der Waals surface area contributed by atoms with E-state index in [9.17, 15) is 0 Å². The molecule has 0 aliphatic carbocycles. The van der Waals surface area contributed by atoms with Crippen LogP contribution in [0.5, 0.6) is 5.75 Å². The number of hydrogen-bond donors (Lipinski definition) is 1. The van der Waals surface area contributed by atoms with E-state index in [4.69, 9.17) is 4.74 Å². The Bertz CT molecular complexity index is 362. The van der Waals surface area contributed by atoms with Gasteiger partial charge in [0.05, 0.1) is 7.11 Å². The highest BCUT2D eigenvalue weighted by Crippen LogP contribution is 2.33. The minimum atomic E-state index is 0.469. The van der Waals surface area contributed by atoms with Gasteiger partial charge in [0, 0.05) is 11.6 Å². The summed E-state index contributed by atoms with van der Waals surface area (Å²) < 4.78 is 5.45. The standard InChI is InChI=1S/C14H21NO/c1-4-11-5-6-14(16-3)12(8-11)13-7-10(2)9-15-13/h5-6,8,10,13,15H,4,7,9H2,1-3H3/t10-,13-/m0/s1. The average Bonchev–Trinajstić information content (AvgIpc) is 2.75. The second kappa shape index (κ2) is 4.88. The maximum absolute atomic E-state index is 5.45. The van der Waals surface area contributed by atoms with Crippen LogP contribution >= 0.6 is 0 Å². The molecular weight excluding hydrogens is 198 g/mol. The van der Waals surface area contributed by atoms with Crippen LogP contribution in [0.15, 0.2) is 18.2 Å². The Balaban J connectivity index is 2.29. The third-order valence-electron chi connectivity index (χ3n) is 3.43. The molecule has 1 aliphatic heterocycles. The van der Waals surface area contributed by atoms with E-state index < -0.39 is 0 Å². The van der Waals surface area contributed by atoms with Gasteiger partial charge in [0.25, 0.3) is 0 Å². The molecule has 2 atom stereocenters. The van der Waals surface area contributed by atoms with Gasteiger partial charge in [0.1, 0.15) is 5.75 Å². The van der Waals surface area contributed by atoms with Crippen molar-refractivity contribution in [3.05, 3.63) is 29.3 Å². The molecule has 0 unspecified atom stereocenters. The lowest BCUT2D eigenvalue weighted by atomic mass is 9.98. The first-order valence-corrected chi connectivity index (χ1v) is 6.14. The van der Waals surface area contributed by atoms with E-state index in [1.807, 2.05) is 0 Å². The van der Waals surface area contributed by atoms with Crippen LogP contribution in [0, 0.1) is 5.92 Å². The van der Waals surface area contributed by atoms with Gasteiger partial charge in [-0.25, -0.2) is 0 Å². The summed E-state index contributed by atoms with van der Waals surface area (Å²) in [6.07, 6.45) is 2.29. The first-order valence-electron chi connectivity index (χ1n) is 6.14. The van der Waals surface area contributed by atoms with Crippen LogP contribution in [0.3, 0.4) is 0 Å². The maximum atomic E-state index is 5.45. The van der Waals surface area contributed by atoms with E-state index in [2.05, 4.69) is 37.4 Å². The van der Waals surface area contributed by atoms with Crippen molar-refractivity contribution in [3.8, 4) is 5.75 Å². The first-order chi connectivity index (χ1) is 7.74. The van der Waals surface area contributed by atoms with E-state index in [-0.39, 0.29) is 0 Å². The van der Waals surface area contributed by atoms with Gasteiger partial charge in [-0.05, 0) is 36.9 Å². The molecule has 1 aliphatic rings. The van der Waals surface area contributed by atoms with Crippen LogP contribution in [-0.2, 0) is 6.42 Å². The van der Waals surface area contributed by atoms with Crippen LogP contribution in [-0.4, -0.2) is 13.7 Å². The molecule has 2 heteroatoms. The molecular formula is C14H21NO. The van der Waals surface area contributed by atoms with Crippen molar-refractivity contribution >= 4 is 0 Å². The highest BCUT2D eigenvalue weighted by Gasteiger charge is 2.24. The Hall–Kier alpha value is -1.02. The quantitative estimate of drug-likeness (QED) is 0.844. The number of hydrogen-bond acceptors (Lipinski definition) is 2. The smallest absolute Gasteiger partial charge is 0.123 e. The molecule has 1 N–H and O–H groups in total. The summed E-state index contributed by atoms with van der Waals surface area (Å²) in [6.45, 7) is 5.60. The Morgan fingerprint density at radius 3 is 2.81 bits per heavy atom. The summed E-state index contributed by atoms with van der Waals surface area (Å²) in [6, 6.07) is 7.00. The zero-order valence-electron chi connectivity index (χ0n) is 10.4. The van der Waals surface area contributed by atoms with Gasteiger partial charge in [-0.15, -0.1) is 0 Å². The van der Waals surface area contributed by atoms with Crippen molar-refractivity contribution in [3.63, 3.8) is 0 Å². The summed E-state index contributed by atoms with van der Waals surface area (Å²) in [4.78, 5) is 0. The third kappa shape index (κ3) is 2.22. The predicted molar refractivity (Wildman–Crippen MR) is 66.9 cm³/mol. The van der Waals surface area contributed by atoms with E-state index >= 15 is 0 Å². The molecule has 0 spiro atoms. The number of methoxy groups -OCH3 is 1. The van der Waals surface area contributed by atoms with Crippen molar-refractivity contribution in [1.29, 1.82) is 0 Å². The zero-order valence-corrected chi connectivity index (χ0v) is 10.4. The zero-order chi connectivity index (χ0) is 11.5. The molecule has 0 saturated carbocycles. The Morgan fingerprint density at radius 2 is 2.25 bits per heavy atom. The van der Waals surface area contributed by atoms with Crippen molar-refractivity contribution < 1.29 is 4.74 Å². The molecule has 16 heavy (non-hydrogen) atoms. The lowest BCUT2D eigenvalue weighted by Crippen LogP contribution is -2.14. The summed E-state index contributed by atoms with van der Waals surface area (Å²) in [5, 5.41) is 3.57. The van der Waals surface area contributed by atoms with Gasteiger partial charge in [0.2, 0.25) is 0 Å². The Labute approximate surface area is 98.0 Å². The molecule has 1 heterocycles. The number of rotatable bonds is 3. The van der Waals surface area contributed by atoms with Gasteiger partial charge in [-0.2, -0.15) is 0 Å². The van der Waals surface area contributed by atoms with Crippen LogP contribution in [0.2, 0.25) is 0 Å². The van der Waals surface area contributed by atoms with Crippen molar-refractivity contribution in [2.75, 3.05) is 13.7 Å². The highest BCUT2D eigenvalue weighted by molar-refractivity contribution is 5.40. The Morgan fingerprint density at radius 1 is 1.44 bits per heavy atom. The molecule has 1 aromatic rings. The fourth-order valence-electron chi connectivity index (χ4n) is 2.43. The van der Waals surface area contributed by atoms with E-state index in [1.165, 1.54) is 17.5 Å². The monoisotopic (exact) mass is 219 g/mol. The molecule has 0 amide bonds. The van der Waals surface area contributed by atoms with Crippen LogP contribution < -0.4 is 10.1 Å². The molecule has 0 aromatic heterocycles. The summed E-state index contributed by atoms with van der Waals surface area (Å²) in [5.41, 5.74) is 2.71. The van der Waals surface area contributed by atoms with Crippen molar-refractivity contribution in [2.24, 2.45) is 5.92 Å². The molecule has 0 bridgehead atoms. The van der Waals surface area contributed by atoms with Gasteiger partial charge < -0.3 is 10.1 Å². The van der Waals surface area contributed by atoms with Gasteiger partial charge >= 0.3 is 0 Å². The molecule has 1 fully saturated rings. The second-order valence-electron chi connectivity index (χ2n) is 4.73. The fraction of sp³-hybridized carbons (Fsp3) is 0.571. The second-order valence-corrected chi connectivity index (χ2v) is 4.73. The van der Waals surface area contributed by atoms with Crippen LogP contribution in [0.1, 0.15) is 37.4 Å². The molecule has 1 saturated heterocycles. The normalized spacial score (nSPS) is 24.7. The summed E-state index contributed by atoms with van der Waals surface area (Å²) in [5.74, 6) is 1.78. The molecule has 88 valence electrons. The number of ether oxygens (including phenoxy) is 1. The predicted octanol–water partition coefficient (Wildman–Crippen LogP) is 2.93. The third-order valence-corrected chi connectivity index (χ3v) is 3.43. The fourth-order valence-corrected chi connectivity index (χ4v) is 2.43. The lowest BCUT2D eigenvalue weighted by molar-refractivity contribution is 0.402. The number of aryl methyl sites for hydroxylation is 1. The van der Waals surface area contributed by atoms with Crippen molar-refractivity contribution in [2.45, 2.75) is 32.7 Å². The number of benzene rings is 1. The minimum Gasteiger partial charge on any atom is -0.496 e. The Kier molecular flexibility index (Phi) is 3.49. The topological polar surface area (TPSA) is 21.3 Å². The van der Waals surface area contributed by atoms with Crippen LogP contribution in [0.4, 0.5) is 0 Å². The van der Waals surface area contributed by atoms with Gasteiger partial charge in [-0.1, -0.05) is 26.0 Å². The SMILES string of the molecule is CCc1ccc(OC)c([C@@H]2C[C@H](C)CN2)c1. The molecule has 0 radical (unpaired) electrons. The first kappa shape index (κ1) is 11.5. The van der Waals surface area contributed by atoms with E-state index in [0.29, 0.717) is 6.04 Å². The van der Waals surface area contributed by atoms with E-state index in [0.717, 1.165) is 24.6 Å². The molecule has 1 aromatic carbocycles. The highest BCUT2D eigenvalue weighted by atomic mass is 16.5. The lowest BCUT2D eigenvalue weighted by Gasteiger charge is -2.16. The van der Waals surface area contributed by atoms with Crippen LogP contribution in [0.25, 0.3) is 0 Å². The minimum absolute atomic E-state index is 0.469.